The van der Waals surface area contributed by atoms with Crippen molar-refractivity contribution >= 4 is 50.7 Å². The van der Waals surface area contributed by atoms with Gasteiger partial charge in [-0.3, -0.25) is 13.9 Å². The molecule has 0 aromatic heterocycles. The molecule has 0 aliphatic heterocycles. The Balaban J connectivity index is 2.08. The van der Waals surface area contributed by atoms with Gasteiger partial charge in [0.1, 0.15) is 12.6 Å². The second-order valence-corrected chi connectivity index (χ2v) is 12.1. The molecule has 1 N–H and O–H groups in total. The van der Waals surface area contributed by atoms with Crippen LogP contribution in [0.3, 0.4) is 0 Å². The molecule has 0 radical (unpaired) electrons. The summed E-state index contributed by atoms with van der Waals surface area (Å²) < 4.78 is 29.0. The van der Waals surface area contributed by atoms with Gasteiger partial charge in [0.2, 0.25) is 11.8 Å². The lowest BCUT2D eigenvalue weighted by Crippen LogP contribution is -2.51. The summed E-state index contributed by atoms with van der Waals surface area (Å²) in [7, 11) is -4.13. The van der Waals surface area contributed by atoms with Crippen LogP contribution < -0.4 is 9.62 Å². The smallest absolute Gasteiger partial charge is 0.264 e. The molecule has 0 spiro atoms. The second-order valence-electron chi connectivity index (χ2n) is 9.38. The number of amides is 2. The van der Waals surface area contributed by atoms with Gasteiger partial charge in [-0.1, -0.05) is 59.1 Å². The van der Waals surface area contributed by atoms with Crippen molar-refractivity contribution in [2.75, 3.05) is 17.4 Å². The highest BCUT2D eigenvalue weighted by Gasteiger charge is 2.33. The van der Waals surface area contributed by atoms with E-state index in [1.807, 2.05) is 26.8 Å². The van der Waals surface area contributed by atoms with Gasteiger partial charge in [-0.2, -0.15) is 0 Å². The molecule has 0 aliphatic rings. The molecular formula is C29H33Cl2N3O4S. The van der Waals surface area contributed by atoms with Crippen molar-refractivity contribution < 1.29 is 18.0 Å². The van der Waals surface area contributed by atoms with Gasteiger partial charge in [0, 0.05) is 13.1 Å². The van der Waals surface area contributed by atoms with Crippen LogP contribution in [0, 0.1) is 20.8 Å². The Morgan fingerprint density at radius 1 is 0.949 bits per heavy atom. The number of likely N-dealkylation sites (N-methyl/N-ethyl adjacent to an activating group) is 1. The quantitative estimate of drug-likeness (QED) is 0.330. The van der Waals surface area contributed by atoms with Crippen LogP contribution in [0.15, 0.2) is 65.6 Å². The number of nitrogens with zero attached hydrogens (tertiary/aromatic N) is 2. The number of carbonyl (C=O) groups is 2. The Bertz CT molecular complexity index is 1460. The number of nitrogens with one attached hydrogen (secondary N) is 1. The van der Waals surface area contributed by atoms with Gasteiger partial charge in [-0.05, 0) is 81.6 Å². The van der Waals surface area contributed by atoms with Crippen molar-refractivity contribution in [1.29, 1.82) is 0 Å². The Morgan fingerprint density at radius 3 is 2.23 bits per heavy atom. The molecule has 1 atom stereocenters. The average Bonchev–Trinajstić information content (AvgIpc) is 2.89. The third kappa shape index (κ3) is 7.12. The van der Waals surface area contributed by atoms with Crippen LogP contribution in [-0.2, 0) is 26.2 Å². The maximum absolute atomic E-state index is 14.0. The summed E-state index contributed by atoms with van der Waals surface area (Å²) in [6.07, 6.45) is 0. The Morgan fingerprint density at radius 2 is 1.62 bits per heavy atom. The van der Waals surface area contributed by atoms with Crippen molar-refractivity contribution in [3.05, 3.63) is 93.0 Å². The first-order valence-corrected chi connectivity index (χ1v) is 14.7. The zero-order valence-corrected chi connectivity index (χ0v) is 25.0. The number of benzene rings is 3. The lowest BCUT2D eigenvalue weighted by molar-refractivity contribution is -0.139. The van der Waals surface area contributed by atoms with E-state index in [2.05, 4.69) is 5.32 Å². The van der Waals surface area contributed by atoms with Crippen molar-refractivity contribution in [2.45, 2.75) is 52.1 Å². The fraction of sp³-hybridized carbons (Fsp3) is 0.310. The topological polar surface area (TPSA) is 86.8 Å². The maximum Gasteiger partial charge on any atom is 0.264 e. The van der Waals surface area contributed by atoms with Crippen molar-refractivity contribution in [1.82, 2.24) is 10.2 Å². The summed E-state index contributed by atoms with van der Waals surface area (Å²) in [5, 5.41) is 3.41. The van der Waals surface area contributed by atoms with E-state index in [1.165, 1.54) is 17.0 Å². The first-order chi connectivity index (χ1) is 18.4. The standard InChI is InChI=1S/C29H33Cl2N3O4S/c1-6-32-29(36)22(5)33(17-23-12-15-25(30)26(31)16-23)28(35)18-34(27-9-7-8-20(3)21(27)4)39(37,38)24-13-10-19(2)11-14-24/h7-16,22H,6,17-18H2,1-5H3,(H,32,36)/t22-/m1/s1. The normalized spacial score (nSPS) is 12.1. The second kappa shape index (κ2) is 12.9. The SMILES string of the molecule is CCNC(=O)[C@@H](C)N(Cc1ccc(Cl)c(Cl)c1)C(=O)CN(c1cccc(C)c1C)S(=O)(=O)c1ccc(C)cc1. The molecule has 0 fully saturated rings. The summed E-state index contributed by atoms with van der Waals surface area (Å²) in [5.74, 6) is -0.901. The Labute approximate surface area is 240 Å². The lowest BCUT2D eigenvalue weighted by atomic mass is 10.1. The van der Waals surface area contributed by atoms with Gasteiger partial charge >= 0.3 is 0 Å². The number of aryl methyl sites for hydroxylation is 2. The third-order valence-corrected chi connectivity index (χ3v) is 9.10. The molecule has 208 valence electrons. The molecule has 0 heterocycles. The van der Waals surface area contributed by atoms with E-state index in [-0.39, 0.29) is 17.3 Å². The number of hydrogen-bond donors (Lipinski definition) is 1. The molecular weight excluding hydrogens is 557 g/mol. The number of anilines is 1. The summed E-state index contributed by atoms with van der Waals surface area (Å²) in [6, 6.07) is 15.9. The minimum Gasteiger partial charge on any atom is -0.355 e. The number of hydrogen-bond acceptors (Lipinski definition) is 4. The van der Waals surface area contributed by atoms with Gasteiger partial charge in [0.15, 0.2) is 0 Å². The Kier molecular flexibility index (Phi) is 10.0. The lowest BCUT2D eigenvalue weighted by Gasteiger charge is -2.32. The number of halogens is 2. The van der Waals surface area contributed by atoms with Crippen LogP contribution in [0.2, 0.25) is 10.0 Å². The molecule has 0 bridgehead atoms. The molecule has 0 saturated carbocycles. The van der Waals surface area contributed by atoms with Gasteiger partial charge in [0.05, 0.1) is 20.6 Å². The van der Waals surface area contributed by atoms with E-state index < -0.39 is 28.5 Å². The number of sulfonamides is 1. The minimum absolute atomic E-state index is 0.0270. The molecule has 10 heteroatoms. The maximum atomic E-state index is 14.0. The molecule has 7 nitrogen and oxygen atoms in total. The van der Waals surface area contributed by atoms with Crippen LogP contribution in [0.25, 0.3) is 0 Å². The van der Waals surface area contributed by atoms with E-state index in [0.29, 0.717) is 27.8 Å². The molecule has 3 aromatic rings. The van der Waals surface area contributed by atoms with E-state index in [4.69, 9.17) is 23.2 Å². The fourth-order valence-electron chi connectivity index (χ4n) is 4.10. The van der Waals surface area contributed by atoms with Crippen molar-refractivity contribution in [3.63, 3.8) is 0 Å². The average molecular weight is 591 g/mol. The molecule has 2 amide bonds. The van der Waals surface area contributed by atoms with Crippen molar-refractivity contribution in [3.8, 4) is 0 Å². The van der Waals surface area contributed by atoms with Crippen LogP contribution in [0.4, 0.5) is 5.69 Å². The highest BCUT2D eigenvalue weighted by Crippen LogP contribution is 2.30. The summed E-state index contributed by atoms with van der Waals surface area (Å²) in [5.41, 5.74) is 3.56. The summed E-state index contributed by atoms with van der Waals surface area (Å²) >= 11 is 12.3. The molecule has 0 saturated heterocycles. The van der Waals surface area contributed by atoms with E-state index in [1.54, 1.807) is 56.3 Å². The molecule has 3 rings (SSSR count). The largest absolute Gasteiger partial charge is 0.355 e. The molecule has 0 aliphatic carbocycles. The van der Waals surface area contributed by atoms with E-state index in [9.17, 15) is 18.0 Å². The summed E-state index contributed by atoms with van der Waals surface area (Å²) in [6.45, 7) is 8.86. The molecule has 0 unspecified atom stereocenters. The van der Waals surface area contributed by atoms with Gasteiger partial charge in [-0.25, -0.2) is 8.42 Å². The zero-order valence-electron chi connectivity index (χ0n) is 22.7. The van der Waals surface area contributed by atoms with E-state index >= 15 is 0 Å². The minimum atomic E-state index is -4.13. The zero-order chi connectivity index (χ0) is 28.9. The monoisotopic (exact) mass is 589 g/mol. The van der Waals surface area contributed by atoms with Crippen LogP contribution >= 0.6 is 23.2 Å². The number of carbonyl (C=O) groups excluding carboxylic acids is 2. The third-order valence-electron chi connectivity index (χ3n) is 6.59. The number of rotatable bonds is 10. The predicted molar refractivity (Wildman–Crippen MR) is 157 cm³/mol. The Hall–Kier alpha value is -3.07. The fourth-order valence-corrected chi connectivity index (χ4v) is 5.89. The first kappa shape index (κ1) is 30.5. The predicted octanol–water partition coefficient (Wildman–Crippen LogP) is 5.67. The van der Waals surface area contributed by atoms with Crippen LogP contribution in [0.5, 0.6) is 0 Å². The van der Waals surface area contributed by atoms with E-state index in [0.717, 1.165) is 21.0 Å². The van der Waals surface area contributed by atoms with Crippen LogP contribution in [0.1, 0.15) is 36.1 Å². The van der Waals surface area contributed by atoms with Gasteiger partial charge < -0.3 is 10.2 Å². The summed E-state index contributed by atoms with van der Waals surface area (Å²) in [4.78, 5) is 28.2. The highest BCUT2D eigenvalue weighted by atomic mass is 35.5. The molecule has 39 heavy (non-hydrogen) atoms. The highest BCUT2D eigenvalue weighted by molar-refractivity contribution is 7.92. The van der Waals surface area contributed by atoms with Crippen molar-refractivity contribution in [2.24, 2.45) is 0 Å². The first-order valence-electron chi connectivity index (χ1n) is 12.5. The van der Waals surface area contributed by atoms with Gasteiger partial charge in [0.25, 0.3) is 10.0 Å². The molecule has 3 aromatic carbocycles. The van der Waals surface area contributed by atoms with Crippen LogP contribution in [-0.4, -0.2) is 44.3 Å². The van der Waals surface area contributed by atoms with Gasteiger partial charge in [-0.15, -0.1) is 0 Å².